The molecule has 3 heterocycles. The number of rotatable bonds is 0. The molecule has 0 N–H and O–H groups in total. The van der Waals surface area contributed by atoms with Gasteiger partial charge in [-0.2, -0.15) is 0 Å². The van der Waals surface area contributed by atoms with Crippen molar-refractivity contribution in [2.75, 3.05) is 6.61 Å². The van der Waals surface area contributed by atoms with Crippen molar-refractivity contribution in [2.45, 2.75) is 5.60 Å². The normalized spacial score (nSPS) is 27.1. The summed E-state index contributed by atoms with van der Waals surface area (Å²) in [5.41, 5.74) is 1.52. The molecule has 1 aromatic heterocycles. The molecule has 1 unspecified atom stereocenters. The van der Waals surface area contributed by atoms with Crippen LogP contribution in [-0.4, -0.2) is 11.6 Å². The van der Waals surface area contributed by atoms with Crippen molar-refractivity contribution in [1.29, 1.82) is 0 Å². The molecule has 3 rings (SSSR count). The van der Waals surface area contributed by atoms with Gasteiger partial charge in [-0.05, 0) is 12.1 Å². The molecule has 1 aromatic rings. The van der Waals surface area contributed by atoms with Gasteiger partial charge in [-0.1, -0.05) is 6.07 Å². The van der Waals surface area contributed by atoms with Crippen molar-refractivity contribution < 1.29 is 9.47 Å². The zero-order chi connectivity index (χ0) is 9.43. The van der Waals surface area contributed by atoms with E-state index in [2.05, 4.69) is 4.98 Å². The molecular weight excluding hydrogens is 178 g/mol. The van der Waals surface area contributed by atoms with Crippen LogP contribution in [0.25, 0.3) is 6.08 Å². The van der Waals surface area contributed by atoms with Gasteiger partial charge in [-0.15, -0.1) is 0 Å². The molecule has 70 valence electrons. The Balaban J connectivity index is 2.20. The second-order valence-corrected chi connectivity index (χ2v) is 3.37. The highest BCUT2D eigenvalue weighted by Crippen LogP contribution is 2.36. The Morgan fingerprint density at radius 3 is 3.21 bits per heavy atom. The fourth-order valence-corrected chi connectivity index (χ4v) is 1.79. The number of hydrogen-bond acceptors (Lipinski definition) is 3. The molecule has 0 saturated heterocycles. The fourth-order valence-electron chi connectivity index (χ4n) is 1.79. The fraction of sp³-hybridized carbons (Fsp3) is 0.182. The van der Waals surface area contributed by atoms with Crippen molar-refractivity contribution in [3.8, 4) is 0 Å². The topological polar surface area (TPSA) is 31.4 Å². The third kappa shape index (κ3) is 0.894. The molecule has 2 aliphatic rings. The number of aromatic nitrogens is 1. The van der Waals surface area contributed by atoms with Crippen LogP contribution in [0.1, 0.15) is 11.3 Å². The summed E-state index contributed by atoms with van der Waals surface area (Å²) in [6.07, 6.45) is 8.96. The van der Waals surface area contributed by atoms with E-state index in [9.17, 15) is 0 Å². The zero-order valence-corrected chi connectivity index (χ0v) is 7.51. The number of nitrogens with zero attached hydrogens (tertiary/aromatic N) is 1. The Hall–Kier alpha value is -1.77. The van der Waals surface area contributed by atoms with E-state index >= 15 is 0 Å². The Labute approximate surface area is 81.7 Å². The molecule has 14 heavy (non-hydrogen) atoms. The van der Waals surface area contributed by atoms with E-state index in [1.807, 2.05) is 24.3 Å². The van der Waals surface area contributed by atoms with Gasteiger partial charge in [-0.25, -0.2) is 0 Å². The van der Waals surface area contributed by atoms with Gasteiger partial charge in [-0.3, -0.25) is 4.98 Å². The zero-order valence-electron chi connectivity index (χ0n) is 7.51. The average molecular weight is 187 g/mol. The predicted molar refractivity (Wildman–Crippen MR) is 51.1 cm³/mol. The average Bonchev–Trinajstić information content (AvgIpc) is 2.68. The first-order valence-corrected chi connectivity index (χ1v) is 4.50. The molecule has 1 atom stereocenters. The summed E-state index contributed by atoms with van der Waals surface area (Å²) in [7, 11) is 0. The van der Waals surface area contributed by atoms with E-state index in [4.69, 9.17) is 9.47 Å². The first-order valence-electron chi connectivity index (χ1n) is 4.50. The lowest BCUT2D eigenvalue weighted by atomic mass is 9.95. The largest absolute Gasteiger partial charge is 0.496 e. The van der Waals surface area contributed by atoms with Crippen LogP contribution < -0.4 is 0 Å². The van der Waals surface area contributed by atoms with Crippen LogP contribution in [0.5, 0.6) is 0 Å². The van der Waals surface area contributed by atoms with Gasteiger partial charge in [0.1, 0.15) is 6.61 Å². The summed E-state index contributed by atoms with van der Waals surface area (Å²) in [6.45, 7) is 0.501. The standard InChI is InChI=1S/C11H9NO2/c1-2-9-3-6-14-11(4-7-13-8-11)10(9)12-5-1/h1-7H,8H2. The van der Waals surface area contributed by atoms with E-state index in [-0.39, 0.29) is 0 Å². The molecule has 0 fully saturated rings. The number of pyridine rings is 1. The van der Waals surface area contributed by atoms with Crippen LogP contribution >= 0.6 is 0 Å². The summed E-state index contributed by atoms with van der Waals surface area (Å²) < 4.78 is 10.8. The minimum atomic E-state index is -0.495. The van der Waals surface area contributed by atoms with E-state index < -0.39 is 5.60 Å². The van der Waals surface area contributed by atoms with E-state index in [1.54, 1.807) is 18.7 Å². The summed E-state index contributed by atoms with van der Waals surface area (Å²) in [5, 5.41) is 0. The van der Waals surface area contributed by atoms with Crippen molar-refractivity contribution in [3.05, 3.63) is 48.2 Å². The van der Waals surface area contributed by atoms with Gasteiger partial charge >= 0.3 is 0 Å². The Kier molecular flexibility index (Phi) is 1.42. The molecule has 0 aromatic carbocycles. The minimum Gasteiger partial charge on any atom is -0.496 e. The summed E-state index contributed by atoms with van der Waals surface area (Å²) in [6, 6.07) is 3.94. The highest BCUT2D eigenvalue weighted by molar-refractivity contribution is 5.55. The number of hydrogen-bond donors (Lipinski definition) is 0. The molecule has 0 amide bonds. The summed E-state index contributed by atoms with van der Waals surface area (Å²) >= 11 is 0. The molecule has 3 nitrogen and oxygen atoms in total. The van der Waals surface area contributed by atoms with Gasteiger partial charge in [0.05, 0.1) is 18.2 Å². The molecule has 0 bridgehead atoms. The second-order valence-electron chi connectivity index (χ2n) is 3.37. The van der Waals surface area contributed by atoms with Crippen LogP contribution in [-0.2, 0) is 15.1 Å². The Morgan fingerprint density at radius 1 is 1.36 bits per heavy atom. The van der Waals surface area contributed by atoms with Crippen molar-refractivity contribution in [2.24, 2.45) is 0 Å². The maximum absolute atomic E-state index is 5.60. The van der Waals surface area contributed by atoms with Crippen LogP contribution in [0.4, 0.5) is 0 Å². The first-order chi connectivity index (χ1) is 6.91. The van der Waals surface area contributed by atoms with E-state index in [0.29, 0.717) is 6.61 Å². The third-order valence-electron chi connectivity index (χ3n) is 2.50. The second kappa shape index (κ2) is 2.61. The van der Waals surface area contributed by atoms with E-state index in [1.165, 1.54) is 0 Å². The van der Waals surface area contributed by atoms with Crippen molar-refractivity contribution in [1.82, 2.24) is 4.98 Å². The van der Waals surface area contributed by atoms with Crippen LogP contribution in [0.2, 0.25) is 0 Å². The van der Waals surface area contributed by atoms with Gasteiger partial charge in [0.25, 0.3) is 0 Å². The molecule has 3 heteroatoms. The maximum atomic E-state index is 5.60. The minimum absolute atomic E-state index is 0.495. The first kappa shape index (κ1) is 7.62. The van der Waals surface area contributed by atoms with Gasteiger partial charge in [0.2, 0.25) is 5.60 Å². The molecule has 0 radical (unpaired) electrons. The smallest absolute Gasteiger partial charge is 0.205 e. The third-order valence-corrected chi connectivity index (χ3v) is 2.50. The van der Waals surface area contributed by atoms with Crippen molar-refractivity contribution >= 4 is 6.08 Å². The SMILES string of the molecule is C1=CC2(CO1)OC=Cc1cccnc12. The molecule has 0 aliphatic carbocycles. The van der Waals surface area contributed by atoms with Crippen molar-refractivity contribution in [3.63, 3.8) is 0 Å². The number of ether oxygens (including phenoxy) is 2. The van der Waals surface area contributed by atoms with Gasteiger partial charge < -0.3 is 9.47 Å². The predicted octanol–water partition coefficient (Wildman–Crippen LogP) is 1.82. The van der Waals surface area contributed by atoms with Crippen LogP contribution in [0, 0.1) is 0 Å². The monoisotopic (exact) mass is 187 g/mol. The lowest BCUT2D eigenvalue weighted by molar-refractivity contribution is 0.0216. The Bertz CT molecular complexity index is 425. The molecular formula is C11H9NO2. The lowest BCUT2D eigenvalue weighted by Crippen LogP contribution is -2.31. The highest BCUT2D eigenvalue weighted by Gasteiger charge is 2.39. The van der Waals surface area contributed by atoms with Crippen LogP contribution in [0.3, 0.4) is 0 Å². The quantitative estimate of drug-likeness (QED) is 0.620. The van der Waals surface area contributed by atoms with Crippen LogP contribution in [0.15, 0.2) is 36.9 Å². The maximum Gasteiger partial charge on any atom is 0.205 e. The number of fused-ring (bicyclic) bond motifs is 2. The summed E-state index contributed by atoms with van der Waals surface area (Å²) in [4.78, 5) is 4.35. The molecule has 1 spiro atoms. The molecule has 2 aliphatic heterocycles. The Morgan fingerprint density at radius 2 is 2.36 bits per heavy atom. The van der Waals surface area contributed by atoms with Gasteiger partial charge in [0, 0.05) is 17.8 Å². The van der Waals surface area contributed by atoms with Gasteiger partial charge in [0.15, 0.2) is 0 Å². The lowest BCUT2D eigenvalue weighted by Gasteiger charge is -2.28. The molecule has 0 saturated carbocycles. The summed E-state index contributed by atoms with van der Waals surface area (Å²) in [5.74, 6) is 0. The van der Waals surface area contributed by atoms with E-state index in [0.717, 1.165) is 11.3 Å². The highest BCUT2D eigenvalue weighted by atomic mass is 16.5.